The van der Waals surface area contributed by atoms with Crippen LogP contribution in [0.4, 0.5) is 0 Å². The van der Waals surface area contributed by atoms with E-state index >= 15 is 0 Å². The average molecular weight is 265 g/mol. The van der Waals surface area contributed by atoms with Gasteiger partial charge in [-0.25, -0.2) is 8.42 Å². The van der Waals surface area contributed by atoms with Crippen LogP contribution in [0.5, 0.6) is 0 Å². The van der Waals surface area contributed by atoms with Gasteiger partial charge in [-0.3, -0.25) is 0 Å². The SMILES string of the molecule is CC(CO)(CO)NC1CCCC(S(C)(=O)=O)C1. The second-order valence-electron chi connectivity index (χ2n) is 5.34. The maximum Gasteiger partial charge on any atom is 0.150 e. The number of rotatable bonds is 5. The van der Waals surface area contributed by atoms with Gasteiger partial charge in [0.05, 0.1) is 24.0 Å². The number of aliphatic hydroxyl groups excluding tert-OH is 2. The van der Waals surface area contributed by atoms with E-state index in [-0.39, 0.29) is 24.5 Å². The van der Waals surface area contributed by atoms with Gasteiger partial charge in [-0.05, 0) is 26.2 Å². The van der Waals surface area contributed by atoms with Crippen molar-refractivity contribution in [2.75, 3.05) is 19.5 Å². The Balaban J connectivity index is 2.62. The van der Waals surface area contributed by atoms with Gasteiger partial charge in [-0.1, -0.05) is 6.42 Å². The molecule has 1 aliphatic carbocycles. The van der Waals surface area contributed by atoms with Crippen LogP contribution in [0.2, 0.25) is 0 Å². The summed E-state index contributed by atoms with van der Waals surface area (Å²) in [4.78, 5) is 0. The van der Waals surface area contributed by atoms with E-state index in [0.717, 1.165) is 12.8 Å². The van der Waals surface area contributed by atoms with Crippen LogP contribution in [-0.2, 0) is 9.84 Å². The second kappa shape index (κ2) is 5.65. The molecule has 5 nitrogen and oxygen atoms in total. The minimum atomic E-state index is -2.99. The van der Waals surface area contributed by atoms with Gasteiger partial charge in [0.2, 0.25) is 0 Å². The molecule has 0 amide bonds. The molecule has 0 spiro atoms. The van der Waals surface area contributed by atoms with Crippen LogP contribution in [0.25, 0.3) is 0 Å². The molecule has 17 heavy (non-hydrogen) atoms. The topological polar surface area (TPSA) is 86.6 Å². The first kappa shape index (κ1) is 14.9. The van der Waals surface area contributed by atoms with Gasteiger partial charge in [-0.2, -0.15) is 0 Å². The van der Waals surface area contributed by atoms with Crippen molar-refractivity contribution in [1.82, 2.24) is 5.32 Å². The Morgan fingerprint density at radius 2 is 1.88 bits per heavy atom. The lowest BCUT2D eigenvalue weighted by molar-refractivity contribution is 0.0886. The molecule has 6 heteroatoms. The highest BCUT2D eigenvalue weighted by molar-refractivity contribution is 7.91. The second-order valence-corrected chi connectivity index (χ2v) is 7.66. The Morgan fingerprint density at radius 1 is 1.29 bits per heavy atom. The first-order chi connectivity index (χ1) is 7.80. The van der Waals surface area contributed by atoms with E-state index in [0.29, 0.717) is 12.8 Å². The Labute approximate surface area is 103 Å². The van der Waals surface area contributed by atoms with Gasteiger partial charge < -0.3 is 15.5 Å². The zero-order valence-electron chi connectivity index (χ0n) is 10.5. The van der Waals surface area contributed by atoms with E-state index in [1.165, 1.54) is 6.26 Å². The van der Waals surface area contributed by atoms with Crippen molar-refractivity contribution < 1.29 is 18.6 Å². The molecule has 1 saturated carbocycles. The van der Waals surface area contributed by atoms with E-state index in [1.54, 1.807) is 6.92 Å². The van der Waals surface area contributed by atoms with Gasteiger partial charge in [0.15, 0.2) is 0 Å². The first-order valence-corrected chi connectivity index (χ1v) is 7.94. The Hall–Kier alpha value is -0.170. The maximum absolute atomic E-state index is 11.5. The fourth-order valence-corrected chi connectivity index (χ4v) is 3.48. The Bertz CT molecular complexity index is 337. The van der Waals surface area contributed by atoms with Crippen LogP contribution in [0.3, 0.4) is 0 Å². The number of aliphatic hydroxyl groups is 2. The minimum Gasteiger partial charge on any atom is -0.394 e. The Morgan fingerprint density at radius 3 is 2.35 bits per heavy atom. The average Bonchev–Trinajstić information content (AvgIpc) is 2.28. The van der Waals surface area contributed by atoms with Crippen LogP contribution in [0.1, 0.15) is 32.6 Å². The van der Waals surface area contributed by atoms with Crippen molar-refractivity contribution in [1.29, 1.82) is 0 Å². The summed E-state index contributed by atoms with van der Waals surface area (Å²) in [7, 11) is -2.99. The molecule has 2 atom stereocenters. The van der Waals surface area contributed by atoms with Crippen LogP contribution in [0, 0.1) is 0 Å². The number of nitrogens with one attached hydrogen (secondary N) is 1. The van der Waals surface area contributed by atoms with Crippen molar-refractivity contribution in [3.63, 3.8) is 0 Å². The standard InChI is InChI=1S/C11H23NO4S/c1-11(7-13,8-14)12-9-4-3-5-10(6-9)17(2,15)16/h9-10,12-14H,3-8H2,1-2H3. The van der Waals surface area contributed by atoms with Crippen molar-refractivity contribution in [2.24, 2.45) is 0 Å². The summed E-state index contributed by atoms with van der Waals surface area (Å²) in [6.45, 7) is 1.41. The highest BCUT2D eigenvalue weighted by atomic mass is 32.2. The quantitative estimate of drug-likeness (QED) is 0.634. The molecule has 0 heterocycles. The largest absolute Gasteiger partial charge is 0.394 e. The van der Waals surface area contributed by atoms with E-state index in [2.05, 4.69) is 5.32 Å². The van der Waals surface area contributed by atoms with Gasteiger partial charge >= 0.3 is 0 Å². The molecule has 1 aliphatic rings. The maximum atomic E-state index is 11.5. The number of hydrogen-bond donors (Lipinski definition) is 3. The van der Waals surface area contributed by atoms with Crippen LogP contribution in [0.15, 0.2) is 0 Å². The lowest BCUT2D eigenvalue weighted by Crippen LogP contribution is -2.55. The highest BCUT2D eigenvalue weighted by Crippen LogP contribution is 2.25. The molecule has 0 radical (unpaired) electrons. The zero-order valence-corrected chi connectivity index (χ0v) is 11.3. The zero-order chi connectivity index (χ0) is 13.1. The normalized spacial score (nSPS) is 27.1. The van der Waals surface area contributed by atoms with E-state index in [4.69, 9.17) is 0 Å². The molecule has 1 fully saturated rings. The number of sulfone groups is 1. The molecule has 0 saturated heterocycles. The summed E-state index contributed by atoms with van der Waals surface area (Å²) in [5, 5.41) is 21.3. The van der Waals surface area contributed by atoms with Gasteiger partial charge in [0, 0.05) is 12.3 Å². The van der Waals surface area contributed by atoms with Crippen LogP contribution < -0.4 is 5.32 Å². The lowest BCUT2D eigenvalue weighted by atomic mass is 9.92. The molecule has 0 aromatic carbocycles. The Kier molecular flexibility index (Phi) is 4.95. The highest BCUT2D eigenvalue weighted by Gasteiger charge is 2.32. The van der Waals surface area contributed by atoms with E-state index in [1.807, 2.05) is 0 Å². The molecular weight excluding hydrogens is 242 g/mol. The van der Waals surface area contributed by atoms with Gasteiger partial charge in [0.25, 0.3) is 0 Å². The summed E-state index contributed by atoms with van der Waals surface area (Å²) in [6.07, 6.45) is 4.31. The van der Waals surface area contributed by atoms with E-state index in [9.17, 15) is 18.6 Å². The first-order valence-electron chi connectivity index (χ1n) is 5.99. The molecule has 0 aromatic rings. The monoisotopic (exact) mass is 265 g/mol. The third kappa shape index (κ3) is 4.21. The molecule has 102 valence electrons. The fraction of sp³-hybridized carbons (Fsp3) is 1.00. The van der Waals surface area contributed by atoms with Crippen LogP contribution >= 0.6 is 0 Å². The summed E-state index contributed by atoms with van der Waals surface area (Å²) >= 11 is 0. The minimum absolute atomic E-state index is 0.0489. The summed E-state index contributed by atoms with van der Waals surface area (Å²) in [5.41, 5.74) is -0.732. The smallest absolute Gasteiger partial charge is 0.150 e. The predicted molar refractivity (Wildman–Crippen MR) is 66.6 cm³/mol. The van der Waals surface area contributed by atoms with Gasteiger partial charge in [-0.15, -0.1) is 0 Å². The molecule has 0 aliphatic heterocycles. The van der Waals surface area contributed by atoms with Crippen molar-refractivity contribution in [3.8, 4) is 0 Å². The van der Waals surface area contributed by atoms with Crippen molar-refractivity contribution >= 4 is 9.84 Å². The third-order valence-corrected chi connectivity index (χ3v) is 5.12. The number of hydrogen-bond acceptors (Lipinski definition) is 5. The predicted octanol–water partition coefficient (Wildman–Crippen LogP) is -0.325. The molecule has 2 unspecified atom stereocenters. The fourth-order valence-electron chi connectivity index (χ4n) is 2.30. The molecule has 1 rings (SSSR count). The molecule has 3 N–H and O–H groups in total. The van der Waals surface area contributed by atoms with Gasteiger partial charge in [0.1, 0.15) is 9.84 Å². The van der Waals surface area contributed by atoms with E-state index < -0.39 is 15.4 Å². The lowest BCUT2D eigenvalue weighted by Gasteiger charge is -2.36. The summed E-state index contributed by atoms with van der Waals surface area (Å²) < 4.78 is 23.0. The summed E-state index contributed by atoms with van der Waals surface area (Å²) in [6, 6.07) is 0.0489. The molecule has 0 bridgehead atoms. The summed E-state index contributed by atoms with van der Waals surface area (Å²) in [5.74, 6) is 0. The molecular formula is C11H23NO4S. The van der Waals surface area contributed by atoms with Crippen molar-refractivity contribution in [2.45, 2.75) is 49.4 Å². The van der Waals surface area contributed by atoms with Crippen LogP contribution in [-0.4, -0.2) is 54.9 Å². The van der Waals surface area contributed by atoms with Crippen molar-refractivity contribution in [3.05, 3.63) is 0 Å². The molecule has 0 aromatic heterocycles. The third-order valence-electron chi connectivity index (χ3n) is 3.48.